The Bertz CT molecular complexity index is 346. The van der Waals surface area contributed by atoms with Gasteiger partial charge in [0.1, 0.15) is 0 Å². The molecule has 0 saturated heterocycles. The fraction of sp³-hybridized carbons (Fsp3) is 0.500. The molecule has 1 atom stereocenters. The second-order valence-corrected chi connectivity index (χ2v) is 4.27. The summed E-state index contributed by atoms with van der Waals surface area (Å²) in [4.78, 5) is 4.21. The summed E-state index contributed by atoms with van der Waals surface area (Å²) in [5, 5.41) is 3.49. The monoisotopic (exact) mass is 234 g/mol. The van der Waals surface area contributed by atoms with Crippen LogP contribution in [0.25, 0.3) is 0 Å². The van der Waals surface area contributed by atoms with Crippen LogP contribution in [0.4, 0.5) is 0 Å². The molecule has 0 amide bonds. The first-order valence-corrected chi connectivity index (χ1v) is 6.05. The highest BCUT2D eigenvalue weighted by Crippen LogP contribution is 2.11. The number of methoxy groups -OCH3 is 1. The fourth-order valence-electron chi connectivity index (χ4n) is 1.63. The molecule has 17 heavy (non-hydrogen) atoms. The summed E-state index contributed by atoms with van der Waals surface area (Å²) >= 11 is 0. The largest absolute Gasteiger partial charge is 0.481 e. The van der Waals surface area contributed by atoms with Gasteiger partial charge >= 0.3 is 0 Å². The van der Waals surface area contributed by atoms with Crippen LogP contribution in [0, 0.1) is 0 Å². The third-order valence-electron chi connectivity index (χ3n) is 2.68. The average molecular weight is 234 g/mol. The molecule has 3 nitrogen and oxygen atoms in total. The Balaban J connectivity index is 2.61. The van der Waals surface area contributed by atoms with E-state index in [0.717, 1.165) is 25.0 Å². The van der Waals surface area contributed by atoms with Crippen molar-refractivity contribution in [3.63, 3.8) is 0 Å². The summed E-state index contributed by atoms with van der Waals surface area (Å²) in [7, 11) is 1.63. The van der Waals surface area contributed by atoms with Crippen LogP contribution >= 0.6 is 0 Å². The van der Waals surface area contributed by atoms with Crippen molar-refractivity contribution >= 4 is 0 Å². The molecule has 1 rings (SSSR count). The van der Waals surface area contributed by atoms with Crippen molar-refractivity contribution in [3.05, 3.63) is 36.0 Å². The maximum absolute atomic E-state index is 5.04. The molecule has 0 saturated carbocycles. The number of aromatic nitrogens is 1. The lowest BCUT2D eigenvalue weighted by Gasteiger charge is -2.18. The van der Waals surface area contributed by atoms with E-state index in [2.05, 4.69) is 36.8 Å². The van der Waals surface area contributed by atoms with Gasteiger partial charge in [0.15, 0.2) is 0 Å². The summed E-state index contributed by atoms with van der Waals surface area (Å²) in [6, 6.07) is 4.27. The van der Waals surface area contributed by atoms with Gasteiger partial charge in [0.2, 0.25) is 5.88 Å². The van der Waals surface area contributed by atoms with Crippen LogP contribution in [0.5, 0.6) is 5.88 Å². The van der Waals surface area contributed by atoms with Gasteiger partial charge in [-0.3, -0.25) is 0 Å². The normalized spacial score (nSPS) is 12.2. The van der Waals surface area contributed by atoms with Crippen molar-refractivity contribution < 1.29 is 4.74 Å². The van der Waals surface area contributed by atoms with Crippen LogP contribution in [-0.2, 0) is 6.42 Å². The molecule has 0 spiro atoms. The molecule has 3 heteroatoms. The van der Waals surface area contributed by atoms with Crippen molar-refractivity contribution in [2.75, 3.05) is 13.7 Å². The molecule has 0 fully saturated rings. The molecule has 1 heterocycles. The Kier molecular flexibility index (Phi) is 5.70. The smallest absolute Gasteiger partial charge is 0.212 e. The van der Waals surface area contributed by atoms with Crippen LogP contribution in [0.2, 0.25) is 0 Å². The molecule has 1 aromatic heterocycles. The lowest BCUT2D eigenvalue weighted by atomic mass is 10.0. The number of nitrogens with one attached hydrogen (secondary N) is 1. The lowest BCUT2D eigenvalue weighted by molar-refractivity contribution is 0.397. The van der Waals surface area contributed by atoms with Gasteiger partial charge in [-0.2, -0.15) is 0 Å². The highest BCUT2D eigenvalue weighted by Gasteiger charge is 2.09. The zero-order valence-corrected chi connectivity index (χ0v) is 11.0. The number of hydrogen-bond donors (Lipinski definition) is 1. The lowest BCUT2D eigenvalue weighted by Crippen LogP contribution is -2.32. The SMILES string of the molecule is C=C(C)C(Cc1ccc(OC)nc1)NCCC. The Hall–Kier alpha value is -1.35. The first-order valence-electron chi connectivity index (χ1n) is 6.05. The van der Waals surface area contributed by atoms with Crippen molar-refractivity contribution in [3.8, 4) is 5.88 Å². The number of pyridine rings is 1. The number of nitrogens with zero attached hydrogens (tertiary/aromatic N) is 1. The van der Waals surface area contributed by atoms with E-state index in [1.165, 1.54) is 5.56 Å². The van der Waals surface area contributed by atoms with Crippen molar-refractivity contribution in [1.29, 1.82) is 0 Å². The summed E-state index contributed by atoms with van der Waals surface area (Å²) < 4.78 is 5.04. The average Bonchev–Trinajstić information content (AvgIpc) is 2.35. The van der Waals surface area contributed by atoms with Gasteiger partial charge in [-0.15, -0.1) is 0 Å². The van der Waals surface area contributed by atoms with E-state index in [-0.39, 0.29) is 0 Å². The highest BCUT2D eigenvalue weighted by molar-refractivity contribution is 5.20. The first-order chi connectivity index (χ1) is 8.17. The second kappa shape index (κ2) is 7.07. The van der Waals surface area contributed by atoms with Crippen molar-refractivity contribution in [2.24, 2.45) is 0 Å². The van der Waals surface area contributed by atoms with Gasteiger partial charge in [0, 0.05) is 18.3 Å². The predicted molar refractivity (Wildman–Crippen MR) is 71.4 cm³/mol. The van der Waals surface area contributed by atoms with Crippen molar-refractivity contribution in [1.82, 2.24) is 10.3 Å². The van der Waals surface area contributed by atoms with Gasteiger partial charge < -0.3 is 10.1 Å². The minimum absolute atomic E-state index is 0.324. The molecule has 94 valence electrons. The van der Waals surface area contributed by atoms with E-state index in [1.807, 2.05) is 12.3 Å². The van der Waals surface area contributed by atoms with E-state index in [4.69, 9.17) is 4.74 Å². The zero-order valence-electron chi connectivity index (χ0n) is 11.0. The number of rotatable bonds is 7. The van der Waals surface area contributed by atoms with E-state index in [0.29, 0.717) is 11.9 Å². The number of hydrogen-bond acceptors (Lipinski definition) is 3. The van der Waals surface area contributed by atoms with Crippen LogP contribution < -0.4 is 10.1 Å². The topological polar surface area (TPSA) is 34.1 Å². The molecule has 0 aliphatic heterocycles. The maximum Gasteiger partial charge on any atom is 0.212 e. The summed E-state index contributed by atoms with van der Waals surface area (Å²) in [6.07, 6.45) is 3.92. The molecule has 0 radical (unpaired) electrons. The van der Waals surface area contributed by atoms with Crippen LogP contribution in [-0.4, -0.2) is 24.7 Å². The molecule has 0 aliphatic rings. The van der Waals surface area contributed by atoms with E-state index < -0.39 is 0 Å². The van der Waals surface area contributed by atoms with E-state index >= 15 is 0 Å². The highest BCUT2D eigenvalue weighted by atomic mass is 16.5. The van der Waals surface area contributed by atoms with Gasteiger partial charge in [0.05, 0.1) is 7.11 Å². The molecule has 0 aromatic carbocycles. The molecule has 0 bridgehead atoms. The minimum Gasteiger partial charge on any atom is -0.481 e. The van der Waals surface area contributed by atoms with Crippen molar-refractivity contribution in [2.45, 2.75) is 32.7 Å². The molecular weight excluding hydrogens is 212 g/mol. The molecule has 1 unspecified atom stereocenters. The second-order valence-electron chi connectivity index (χ2n) is 4.27. The third kappa shape index (κ3) is 4.57. The summed E-state index contributed by atoms with van der Waals surface area (Å²) in [5.41, 5.74) is 2.36. The van der Waals surface area contributed by atoms with Crippen LogP contribution in [0.1, 0.15) is 25.8 Å². The fourth-order valence-corrected chi connectivity index (χ4v) is 1.63. The quantitative estimate of drug-likeness (QED) is 0.736. The van der Waals surface area contributed by atoms with Gasteiger partial charge in [0.25, 0.3) is 0 Å². The predicted octanol–water partition coefficient (Wildman–Crippen LogP) is 2.58. The maximum atomic E-state index is 5.04. The standard InChI is InChI=1S/C14H22N2O/c1-5-8-15-13(11(2)3)9-12-6-7-14(17-4)16-10-12/h6-7,10,13,15H,2,5,8-9H2,1,3-4H3. The van der Waals surface area contributed by atoms with Gasteiger partial charge in [-0.25, -0.2) is 4.98 Å². The Morgan fingerprint density at radius 3 is 2.76 bits per heavy atom. The van der Waals surface area contributed by atoms with Gasteiger partial charge in [-0.05, 0) is 31.9 Å². The number of ether oxygens (including phenoxy) is 1. The zero-order chi connectivity index (χ0) is 12.7. The molecular formula is C14H22N2O. The molecule has 1 aromatic rings. The molecule has 1 N–H and O–H groups in total. The van der Waals surface area contributed by atoms with Crippen LogP contribution in [0.15, 0.2) is 30.5 Å². The molecule has 0 aliphatic carbocycles. The Morgan fingerprint density at radius 1 is 1.53 bits per heavy atom. The van der Waals surface area contributed by atoms with E-state index in [9.17, 15) is 0 Å². The minimum atomic E-state index is 0.324. The Labute approximate surface area is 104 Å². The van der Waals surface area contributed by atoms with Gasteiger partial charge in [-0.1, -0.05) is 25.1 Å². The first kappa shape index (κ1) is 13.7. The third-order valence-corrected chi connectivity index (χ3v) is 2.68. The van der Waals surface area contributed by atoms with Crippen LogP contribution in [0.3, 0.4) is 0 Å². The Morgan fingerprint density at radius 2 is 2.29 bits per heavy atom. The summed E-state index contributed by atoms with van der Waals surface area (Å²) in [5.74, 6) is 0.655. The summed E-state index contributed by atoms with van der Waals surface area (Å²) in [6.45, 7) is 9.27. The van der Waals surface area contributed by atoms with E-state index in [1.54, 1.807) is 7.11 Å².